The normalized spacial score (nSPS) is 20.4. The number of fused-ring (bicyclic) bond motifs is 3. The first-order valence-corrected chi connectivity index (χ1v) is 9.39. The standard InChI is InChI=1S/C20H20N4O2/c25-19(21-13-6-7-13)24-11-14-17(20(24)8-3-9-20)18(23-22-14)16-10-12-4-1-2-5-15(12)26-16/h1-2,4-5,10,13H,3,6-9,11H2,(H,21,25)(H,22,23). The SMILES string of the molecule is O=C(NC1CC1)N1Cc2[nH]nc(-c3cc4ccccc4o3)c2C12CCC2. The number of rotatable bonds is 2. The number of furan rings is 1. The van der Waals surface area contributed by atoms with E-state index in [9.17, 15) is 4.79 Å². The Morgan fingerprint density at radius 2 is 2.15 bits per heavy atom. The maximum Gasteiger partial charge on any atom is 0.318 e. The van der Waals surface area contributed by atoms with E-state index in [1.165, 1.54) is 0 Å². The summed E-state index contributed by atoms with van der Waals surface area (Å²) in [6.07, 6.45) is 5.32. The Labute approximate surface area is 150 Å². The summed E-state index contributed by atoms with van der Waals surface area (Å²) in [5.74, 6) is 0.777. The van der Waals surface area contributed by atoms with Crippen molar-refractivity contribution in [2.75, 3.05) is 0 Å². The van der Waals surface area contributed by atoms with Crippen molar-refractivity contribution < 1.29 is 9.21 Å². The molecule has 26 heavy (non-hydrogen) atoms. The van der Waals surface area contributed by atoms with Gasteiger partial charge in [-0.05, 0) is 44.2 Å². The molecule has 2 saturated carbocycles. The Balaban J connectivity index is 1.43. The average molecular weight is 348 g/mol. The van der Waals surface area contributed by atoms with Crippen LogP contribution in [0.3, 0.4) is 0 Å². The number of para-hydroxylation sites is 1. The van der Waals surface area contributed by atoms with E-state index in [4.69, 9.17) is 4.42 Å². The van der Waals surface area contributed by atoms with Crippen LogP contribution >= 0.6 is 0 Å². The Bertz CT molecular complexity index is 993. The molecule has 2 aromatic heterocycles. The molecule has 0 atom stereocenters. The van der Waals surface area contributed by atoms with Crippen molar-refractivity contribution in [1.82, 2.24) is 20.4 Å². The molecule has 6 rings (SSSR count). The van der Waals surface area contributed by atoms with Crippen LogP contribution in [0.4, 0.5) is 4.79 Å². The van der Waals surface area contributed by atoms with Crippen molar-refractivity contribution >= 4 is 17.0 Å². The third-order valence-corrected chi connectivity index (χ3v) is 6.13. The molecule has 1 aromatic carbocycles. The van der Waals surface area contributed by atoms with Gasteiger partial charge in [-0.2, -0.15) is 5.10 Å². The average Bonchev–Trinajstić information content (AvgIpc) is 3.06. The molecule has 0 saturated heterocycles. The van der Waals surface area contributed by atoms with E-state index in [1.807, 2.05) is 35.2 Å². The molecular formula is C20H20N4O2. The van der Waals surface area contributed by atoms with Crippen LogP contribution in [0.1, 0.15) is 43.4 Å². The monoisotopic (exact) mass is 348 g/mol. The minimum absolute atomic E-state index is 0.0624. The zero-order valence-corrected chi connectivity index (χ0v) is 14.4. The van der Waals surface area contributed by atoms with E-state index < -0.39 is 0 Å². The number of amides is 2. The number of aromatic nitrogens is 2. The third kappa shape index (κ3) is 1.87. The van der Waals surface area contributed by atoms with Crippen LogP contribution in [-0.2, 0) is 12.1 Å². The molecule has 132 valence electrons. The lowest BCUT2D eigenvalue weighted by Gasteiger charge is -2.46. The lowest BCUT2D eigenvalue weighted by molar-refractivity contribution is 0.0555. The van der Waals surface area contributed by atoms with Gasteiger partial charge in [0.25, 0.3) is 0 Å². The van der Waals surface area contributed by atoms with Crippen molar-refractivity contribution in [3.63, 3.8) is 0 Å². The minimum Gasteiger partial charge on any atom is -0.454 e. The largest absolute Gasteiger partial charge is 0.454 e. The number of nitrogens with one attached hydrogen (secondary N) is 2. The van der Waals surface area contributed by atoms with Gasteiger partial charge in [0.1, 0.15) is 11.3 Å². The number of benzene rings is 1. The molecule has 3 heterocycles. The van der Waals surface area contributed by atoms with Gasteiger partial charge >= 0.3 is 6.03 Å². The zero-order valence-electron chi connectivity index (χ0n) is 14.4. The van der Waals surface area contributed by atoms with Crippen LogP contribution < -0.4 is 5.32 Å². The summed E-state index contributed by atoms with van der Waals surface area (Å²) < 4.78 is 6.07. The van der Waals surface area contributed by atoms with Crippen molar-refractivity contribution in [3.8, 4) is 11.5 Å². The van der Waals surface area contributed by atoms with E-state index in [1.54, 1.807) is 0 Å². The van der Waals surface area contributed by atoms with Crippen LogP contribution in [-0.4, -0.2) is 27.2 Å². The fourth-order valence-corrected chi connectivity index (χ4v) is 4.49. The Morgan fingerprint density at radius 1 is 1.31 bits per heavy atom. The van der Waals surface area contributed by atoms with Gasteiger partial charge in [-0.25, -0.2) is 4.79 Å². The lowest BCUT2D eigenvalue weighted by Crippen LogP contribution is -2.53. The zero-order chi connectivity index (χ0) is 17.3. The van der Waals surface area contributed by atoms with Crippen molar-refractivity contribution in [2.45, 2.75) is 50.2 Å². The molecule has 1 spiro atoms. The predicted molar refractivity (Wildman–Crippen MR) is 96.4 cm³/mol. The second-order valence-electron chi connectivity index (χ2n) is 7.77. The van der Waals surface area contributed by atoms with Gasteiger partial charge < -0.3 is 14.6 Å². The molecule has 0 unspecified atom stereocenters. The number of nitrogens with zero attached hydrogens (tertiary/aromatic N) is 2. The molecule has 2 fully saturated rings. The highest BCUT2D eigenvalue weighted by atomic mass is 16.3. The Morgan fingerprint density at radius 3 is 2.88 bits per heavy atom. The van der Waals surface area contributed by atoms with Gasteiger partial charge in [-0.15, -0.1) is 0 Å². The number of carbonyl (C=O) groups excluding carboxylic acids is 1. The quantitative estimate of drug-likeness (QED) is 0.738. The van der Waals surface area contributed by atoms with Crippen LogP contribution in [0.2, 0.25) is 0 Å². The molecular weight excluding hydrogens is 328 g/mol. The maximum absolute atomic E-state index is 12.8. The van der Waals surface area contributed by atoms with E-state index >= 15 is 0 Å². The highest BCUT2D eigenvalue weighted by Crippen LogP contribution is 2.55. The summed E-state index contributed by atoms with van der Waals surface area (Å²) in [4.78, 5) is 14.8. The second-order valence-corrected chi connectivity index (χ2v) is 7.77. The number of hydrogen-bond acceptors (Lipinski definition) is 3. The molecule has 6 heteroatoms. The highest BCUT2D eigenvalue weighted by molar-refractivity contribution is 5.84. The van der Waals surface area contributed by atoms with Gasteiger partial charge in [-0.1, -0.05) is 18.2 Å². The van der Waals surface area contributed by atoms with Gasteiger partial charge in [-0.3, -0.25) is 5.10 Å². The summed E-state index contributed by atoms with van der Waals surface area (Å²) in [6.45, 7) is 0.598. The number of urea groups is 1. The van der Waals surface area contributed by atoms with Crippen molar-refractivity contribution in [3.05, 3.63) is 41.6 Å². The first kappa shape index (κ1) is 14.4. The fourth-order valence-electron chi connectivity index (χ4n) is 4.49. The van der Waals surface area contributed by atoms with Crippen LogP contribution in [0.5, 0.6) is 0 Å². The van der Waals surface area contributed by atoms with Crippen LogP contribution in [0.25, 0.3) is 22.4 Å². The third-order valence-electron chi connectivity index (χ3n) is 6.13. The number of carbonyl (C=O) groups is 1. The minimum atomic E-state index is -0.227. The summed E-state index contributed by atoms with van der Waals surface area (Å²) in [6, 6.07) is 10.5. The summed E-state index contributed by atoms with van der Waals surface area (Å²) in [7, 11) is 0. The van der Waals surface area contributed by atoms with Gasteiger partial charge in [0, 0.05) is 17.0 Å². The summed E-state index contributed by atoms with van der Waals surface area (Å²) >= 11 is 0. The van der Waals surface area contributed by atoms with Crippen LogP contribution in [0.15, 0.2) is 34.7 Å². The van der Waals surface area contributed by atoms with Gasteiger partial charge in [0.15, 0.2) is 5.76 Å². The van der Waals surface area contributed by atoms with Gasteiger partial charge in [0.05, 0.1) is 17.8 Å². The summed E-state index contributed by atoms with van der Waals surface area (Å²) in [5.41, 5.74) is 3.70. The number of aromatic amines is 1. The second kappa shape index (κ2) is 4.90. The van der Waals surface area contributed by atoms with E-state index in [0.717, 1.165) is 65.8 Å². The molecule has 3 aromatic rings. The summed E-state index contributed by atoms with van der Waals surface area (Å²) in [5, 5.41) is 12.0. The fraction of sp³-hybridized carbons (Fsp3) is 0.400. The first-order valence-electron chi connectivity index (χ1n) is 9.39. The maximum atomic E-state index is 12.8. The van der Waals surface area contributed by atoms with Crippen molar-refractivity contribution in [2.24, 2.45) is 0 Å². The molecule has 0 radical (unpaired) electrons. The number of hydrogen-bond donors (Lipinski definition) is 2. The van der Waals surface area contributed by atoms with Crippen LogP contribution in [0, 0.1) is 0 Å². The highest BCUT2D eigenvalue weighted by Gasteiger charge is 2.54. The van der Waals surface area contributed by atoms with E-state index in [0.29, 0.717) is 12.6 Å². The molecule has 2 N–H and O–H groups in total. The predicted octanol–water partition coefficient (Wildman–Crippen LogP) is 3.89. The Kier molecular flexibility index (Phi) is 2.72. The molecule has 3 aliphatic rings. The van der Waals surface area contributed by atoms with E-state index in [-0.39, 0.29) is 11.6 Å². The molecule has 6 nitrogen and oxygen atoms in total. The Hall–Kier alpha value is -2.76. The first-order chi connectivity index (χ1) is 12.7. The smallest absolute Gasteiger partial charge is 0.318 e. The molecule has 2 amide bonds. The van der Waals surface area contributed by atoms with Gasteiger partial charge in [0.2, 0.25) is 0 Å². The van der Waals surface area contributed by atoms with Crippen molar-refractivity contribution in [1.29, 1.82) is 0 Å². The molecule has 1 aliphatic heterocycles. The molecule has 2 aliphatic carbocycles. The number of H-pyrrole nitrogens is 1. The topological polar surface area (TPSA) is 74.2 Å². The lowest BCUT2D eigenvalue weighted by atomic mass is 9.71. The molecule has 0 bridgehead atoms. The van der Waals surface area contributed by atoms with E-state index in [2.05, 4.69) is 15.5 Å².